The van der Waals surface area contributed by atoms with Crippen molar-refractivity contribution in [3.05, 3.63) is 53.1 Å². The SMILES string of the molecule is NC(=O)c1c(NC(=O)C2CC=CCC2C(=O)O)sc2c1CCc1ccccc1-2. The fourth-order valence-corrected chi connectivity index (χ4v) is 5.39. The second-order valence-corrected chi connectivity index (χ2v) is 8.14. The molecular formula is C21H20N2O4S. The molecule has 0 fully saturated rings. The van der Waals surface area contributed by atoms with Crippen LogP contribution in [0.1, 0.15) is 34.3 Å². The molecule has 144 valence electrons. The van der Waals surface area contributed by atoms with Gasteiger partial charge in [0, 0.05) is 4.88 Å². The number of benzene rings is 1. The number of aliphatic carboxylic acids is 1. The Hall–Kier alpha value is -2.93. The molecule has 7 heteroatoms. The van der Waals surface area contributed by atoms with Gasteiger partial charge in [0.15, 0.2) is 0 Å². The fraction of sp³-hybridized carbons (Fsp3) is 0.286. The van der Waals surface area contributed by atoms with E-state index in [2.05, 4.69) is 11.4 Å². The van der Waals surface area contributed by atoms with Crippen LogP contribution in [0.4, 0.5) is 5.00 Å². The lowest BCUT2D eigenvalue weighted by Crippen LogP contribution is -2.35. The number of carbonyl (C=O) groups is 3. The van der Waals surface area contributed by atoms with Gasteiger partial charge in [-0.25, -0.2) is 0 Å². The zero-order valence-corrected chi connectivity index (χ0v) is 15.9. The van der Waals surface area contributed by atoms with Crippen LogP contribution < -0.4 is 11.1 Å². The largest absolute Gasteiger partial charge is 0.481 e. The van der Waals surface area contributed by atoms with Gasteiger partial charge in [0.2, 0.25) is 5.91 Å². The molecule has 2 unspecified atom stereocenters. The number of hydrogen-bond acceptors (Lipinski definition) is 4. The van der Waals surface area contributed by atoms with Crippen LogP contribution in [-0.2, 0) is 22.4 Å². The summed E-state index contributed by atoms with van der Waals surface area (Å²) in [4.78, 5) is 37.5. The third-order valence-electron chi connectivity index (χ3n) is 5.48. The molecule has 1 heterocycles. The third-order valence-corrected chi connectivity index (χ3v) is 6.66. The molecule has 2 aromatic rings. The molecule has 1 aromatic heterocycles. The van der Waals surface area contributed by atoms with Gasteiger partial charge in [0.05, 0.1) is 17.4 Å². The van der Waals surface area contributed by atoms with Crippen molar-refractivity contribution in [2.75, 3.05) is 5.32 Å². The van der Waals surface area contributed by atoms with Crippen LogP contribution in [0, 0.1) is 11.8 Å². The maximum absolute atomic E-state index is 12.9. The molecule has 2 amide bonds. The Morgan fingerprint density at radius 3 is 2.50 bits per heavy atom. The number of aryl methyl sites for hydroxylation is 1. The Kier molecular flexibility index (Phi) is 4.77. The average molecular weight is 396 g/mol. The Morgan fingerprint density at radius 1 is 1.07 bits per heavy atom. The van der Waals surface area contributed by atoms with E-state index in [0.29, 0.717) is 29.8 Å². The summed E-state index contributed by atoms with van der Waals surface area (Å²) in [6, 6.07) is 8.00. The van der Waals surface area contributed by atoms with E-state index in [1.165, 1.54) is 16.9 Å². The van der Waals surface area contributed by atoms with Crippen LogP contribution in [-0.4, -0.2) is 22.9 Å². The summed E-state index contributed by atoms with van der Waals surface area (Å²) in [6.45, 7) is 0. The maximum Gasteiger partial charge on any atom is 0.307 e. The highest BCUT2D eigenvalue weighted by molar-refractivity contribution is 7.20. The predicted molar refractivity (Wildman–Crippen MR) is 107 cm³/mol. The molecule has 0 aliphatic heterocycles. The molecule has 0 radical (unpaired) electrons. The first-order valence-electron chi connectivity index (χ1n) is 9.19. The summed E-state index contributed by atoms with van der Waals surface area (Å²) >= 11 is 1.34. The standard InChI is InChI=1S/C21H20N2O4S/c22-18(24)16-15-10-9-11-5-1-2-6-12(11)17(15)28-20(16)23-19(25)13-7-3-4-8-14(13)21(26)27/h1-6,13-14H,7-10H2,(H2,22,24)(H,23,25)(H,26,27). The number of anilines is 1. The van der Waals surface area contributed by atoms with Gasteiger partial charge in [-0.2, -0.15) is 0 Å². The molecule has 2 aliphatic carbocycles. The van der Waals surface area contributed by atoms with Crippen molar-refractivity contribution in [3.8, 4) is 10.4 Å². The first-order chi connectivity index (χ1) is 13.5. The van der Waals surface area contributed by atoms with E-state index in [-0.39, 0.29) is 5.91 Å². The average Bonchev–Trinajstić information content (AvgIpc) is 3.06. The molecule has 28 heavy (non-hydrogen) atoms. The van der Waals surface area contributed by atoms with Crippen LogP contribution >= 0.6 is 11.3 Å². The summed E-state index contributed by atoms with van der Waals surface area (Å²) in [5.41, 5.74) is 9.12. The monoisotopic (exact) mass is 396 g/mol. The van der Waals surface area contributed by atoms with Crippen molar-refractivity contribution in [1.29, 1.82) is 0 Å². The summed E-state index contributed by atoms with van der Waals surface area (Å²) in [7, 11) is 0. The number of nitrogens with one attached hydrogen (secondary N) is 1. The Balaban J connectivity index is 1.70. The lowest BCUT2D eigenvalue weighted by atomic mass is 9.82. The number of allylic oxidation sites excluding steroid dienone is 2. The van der Waals surface area contributed by atoms with E-state index in [0.717, 1.165) is 22.4 Å². The van der Waals surface area contributed by atoms with Crippen LogP contribution in [0.15, 0.2) is 36.4 Å². The number of nitrogens with two attached hydrogens (primary N) is 1. The molecule has 0 saturated carbocycles. The first-order valence-corrected chi connectivity index (χ1v) is 10.0. The first kappa shape index (κ1) is 18.4. The van der Waals surface area contributed by atoms with Gasteiger partial charge in [-0.05, 0) is 42.4 Å². The van der Waals surface area contributed by atoms with Crippen molar-refractivity contribution < 1.29 is 19.5 Å². The minimum absolute atomic E-state index is 0.324. The van der Waals surface area contributed by atoms with E-state index in [1.807, 2.05) is 24.3 Å². The smallest absolute Gasteiger partial charge is 0.307 e. The maximum atomic E-state index is 12.9. The van der Waals surface area contributed by atoms with Gasteiger partial charge >= 0.3 is 5.97 Å². The number of primary amides is 1. The van der Waals surface area contributed by atoms with Crippen molar-refractivity contribution in [2.24, 2.45) is 17.6 Å². The Morgan fingerprint density at radius 2 is 1.79 bits per heavy atom. The lowest BCUT2D eigenvalue weighted by molar-refractivity contribution is -0.146. The number of fused-ring (bicyclic) bond motifs is 3. The zero-order valence-electron chi connectivity index (χ0n) is 15.1. The summed E-state index contributed by atoms with van der Waals surface area (Å²) < 4.78 is 0. The lowest BCUT2D eigenvalue weighted by Gasteiger charge is -2.24. The van der Waals surface area contributed by atoms with Crippen molar-refractivity contribution in [1.82, 2.24) is 0 Å². The fourth-order valence-electron chi connectivity index (χ4n) is 4.07. The highest BCUT2D eigenvalue weighted by Gasteiger charge is 2.35. The second kappa shape index (κ2) is 7.24. The number of rotatable bonds is 4. The van der Waals surface area contributed by atoms with E-state index >= 15 is 0 Å². The molecule has 6 nitrogen and oxygen atoms in total. The van der Waals surface area contributed by atoms with Gasteiger partial charge in [-0.1, -0.05) is 36.4 Å². The summed E-state index contributed by atoms with van der Waals surface area (Å²) in [5, 5.41) is 12.7. The van der Waals surface area contributed by atoms with Crippen LogP contribution in [0.2, 0.25) is 0 Å². The van der Waals surface area contributed by atoms with Crippen molar-refractivity contribution in [3.63, 3.8) is 0 Å². The van der Waals surface area contributed by atoms with Crippen LogP contribution in [0.25, 0.3) is 10.4 Å². The van der Waals surface area contributed by atoms with Crippen LogP contribution in [0.3, 0.4) is 0 Å². The number of carboxylic acid groups (broad SMARTS) is 1. The molecule has 1 aromatic carbocycles. The summed E-state index contributed by atoms with van der Waals surface area (Å²) in [6.07, 6.45) is 5.79. The molecule has 2 aliphatic rings. The van der Waals surface area contributed by atoms with Gasteiger partial charge in [-0.15, -0.1) is 11.3 Å². The number of carboxylic acids is 1. The Labute approximate surface area is 166 Å². The van der Waals surface area contributed by atoms with Gasteiger partial charge in [0.25, 0.3) is 5.91 Å². The highest BCUT2D eigenvalue weighted by Crippen LogP contribution is 2.45. The third kappa shape index (κ3) is 3.11. The highest BCUT2D eigenvalue weighted by atomic mass is 32.1. The summed E-state index contributed by atoms with van der Waals surface area (Å²) in [5.74, 6) is -3.39. The minimum Gasteiger partial charge on any atom is -0.481 e. The molecule has 0 saturated heterocycles. The minimum atomic E-state index is -0.987. The molecule has 0 spiro atoms. The van der Waals surface area contributed by atoms with Crippen molar-refractivity contribution in [2.45, 2.75) is 25.7 Å². The Bertz CT molecular complexity index is 1010. The van der Waals surface area contributed by atoms with E-state index in [1.54, 1.807) is 6.08 Å². The number of amides is 2. The topological polar surface area (TPSA) is 109 Å². The number of carbonyl (C=O) groups excluding carboxylic acids is 2. The van der Waals surface area contributed by atoms with Gasteiger partial charge in [0.1, 0.15) is 5.00 Å². The molecule has 4 N–H and O–H groups in total. The molecule has 4 rings (SSSR count). The van der Waals surface area contributed by atoms with Crippen LogP contribution in [0.5, 0.6) is 0 Å². The van der Waals surface area contributed by atoms with E-state index < -0.39 is 23.7 Å². The zero-order chi connectivity index (χ0) is 19.8. The molecule has 2 atom stereocenters. The second-order valence-electron chi connectivity index (χ2n) is 7.12. The molecule has 0 bridgehead atoms. The normalized spacial score (nSPS) is 20.1. The molecular weight excluding hydrogens is 376 g/mol. The number of thiophene rings is 1. The van der Waals surface area contributed by atoms with Crippen molar-refractivity contribution >= 4 is 34.1 Å². The van der Waals surface area contributed by atoms with E-state index in [9.17, 15) is 19.5 Å². The van der Waals surface area contributed by atoms with Gasteiger partial charge < -0.3 is 16.2 Å². The van der Waals surface area contributed by atoms with Gasteiger partial charge in [-0.3, -0.25) is 14.4 Å². The van der Waals surface area contributed by atoms with E-state index in [4.69, 9.17) is 5.73 Å². The quantitative estimate of drug-likeness (QED) is 0.689. The predicted octanol–water partition coefficient (Wildman–Crippen LogP) is 3.22. The number of hydrogen-bond donors (Lipinski definition) is 3.